The van der Waals surface area contributed by atoms with Gasteiger partial charge in [0.1, 0.15) is 12.1 Å². The maximum atomic E-state index is 11.6. The van der Waals surface area contributed by atoms with E-state index in [-0.39, 0.29) is 44.2 Å². The molecule has 2 aliphatic rings. The van der Waals surface area contributed by atoms with Crippen molar-refractivity contribution >= 4 is 23.8 Å². The van der Waals surface area contributed by atoms with Crippen LogP contribution >= 0.6 is 0 Å². The lowest BCUT2D eigenvalue weighted by Crippen LogP contribution is -2.50. The van der Waals surface area contributed by atoms with E-state index in [1.807, 2.05) is 0 Å². The molecule has 104 valence electrons. The Labute approximate surface area is 108 Å². The third kappa shape index (κ3) is 2.38. The first kappa shape index (κ1) is 13.3. The second-order valence-electron chi connectivity index (χ2n) is 4.65. The standard InChI is InChI=1S/C11H14N2O6/c14-8-3-1-6(10(16)17)12(8)5-13-7(11(18)19)2-4-9(13)15/h6-7H,1-5H2,(H,16,17)(H,18,19). The van der Waals surface area contributed by atoms with Crippen molar-refractivity contribution in [3.05, 3.63) is 0 Å². The number of hydrogen-bond acceptors (Lipinski definition) is 4. The van der Waals surface area contributed by atoms with Crippen LogP contribution in [0.3, 0.4) is 0 Å². The fourth-order valence-electron chi connectivity index (χ4n) is 2.50. The topological polar surface area (TPSA) is 115 Å². The molecular weight excluding hydrogens is 256 g/mol. The van der Waals surface area contributed by atoms with Gasteiger partial charge in [-0.2, -0.15) is 0 Å². The van der Waals surface area contributed by atoms with Gasteiger partial charge in [0.05, 0.1) is 6.67 Å². The Morgan fingerprint density at radius 3 is 1.63 bits per heavy atom. The van der Waals surface area contributed by atoms with Crippen molar-refractivity contribution in [2.75, 3.05) is 6.67 Å². The highest BCUT2D eigenvalue weighted by Gasteiger charge is 2.42. The van der Waals surface area contributed by atoms with Gasteiger partial charge in [0.2, 0.25) is 11.8 Å². The summed E-state index contributed by atoms with van der Waals surface area (Å²) in [6.45, 7) is -0.258. The average Bonchev–Trinajstić information content (AvgIpc) is 2.85. The van der Waals surface area contributed by atoms with Crippen LogP contribution in [0.1, 0.15) is 25.7 Å². The van der Waals surface area contributed by atoms with E-state index >= 15 is 0 Å². The maximum Gasteiger partial charge on any atom is 0.326 e. The van der Waals surface area contributed by atoms with E-state index in [1.165, 1.54) is 0 Å². The summed E-state index contributed by atoms with van der Waals surface area (Å²) in [5.74, 6) is -3.00. The van der Waals surface area contributed by atoms with Gasteiger partial charge >= 0.3 is 11.9 Å². The molecule has 2 heterocycles. The van der Waals surface area contributed by atoms with Crippen LogP contribution in [0, 0.1) is 0 Å². The number of rotatable bonds is 4. The molecular formula is C11H14N2O6. The van der Waals surface area contributed by atoms with Crippen molar-refractivity contribution in [2.45, 2.75) is 37.8 Å². The van der Waals surface area contributed by atoms with E-state index in [1.54, 1.807) is 0 Å². The molecule has 2 amide bonds. The smallest absolute Gasteiger partial charge is 0.326 e. The molecule has 19 heavy (non-hydrogen) atoms. The van der Waals surface area contributed by atoms with Crippen LogP contribution in [-0.4, -0.2) is 62.5 Å². The van der Waals surface area contributed by atoms with Gasteiger partial charge in [-0.05, 0) is 12.8 Å². The van der Waals surface area contributed by atoms with Crippen molar-refractivity contribution in [2.24, 2.45) is 0 Å². The Morgan fingerprint density at radius 2 is 1.32 bits per heavy atom. The molecule has 0 bridgehead atoms. The summed E-state index contributed by atoms with van der Waals surface area (Å²) in [6, 6.07) is -1.95. The van der Waals surface area contributed by atoms with Crippen molar-refractivity contribution in [3.63, 3.8) is 0 Å². The van der Waals surface area contributed by atoms with E-state index in [2.05, 4.69) is 0 Å². The van der Waals surface area contributed by atoms with E-state index in [9.17, 15) is 19.2 Å². The quantitative estimate of drug-likeness (QED) is 0.683. The Bertz CT molecular complexity index is 408. The molecule has 2 N–H and O–H groups in total. The molecule has 8 nitrogen and oxygen atoms in total. The third-order valence-electron chi connectivity index (χ3n) is 3.53. The Kier molecular flexibility index (Phi) is 3.41. The average molecular weight is 270 g/mol. The number of nitrogens with zero attached hydrogens (tertiary/aromatic N) is 2. The number of carboxylic acids is 2. The number of aliphatic carboxylic acids is 2. The predicted molar refractivity (Wildman–Crippen MR) is 59.9 cm³/mol. The fraction of sp³-hybridized carbons (Fsp3) is 0.636. The highest BCUT2D eigenvalue weighted by Crippen LogP contribution is 2.24. The van der Waals surface area contributed by atoms with E-state index in [4.69, 9.17) is 10.2 Å². The zero-order chi connectivity index (χ0) is 14.2. The van der Waals surface area contributed by atoms with Gasteiger partial charge in [0, 0.05) is 12.8 Å². The third-order valence-corrected chi connectivity index (χ3v) is 3.53. The van der Waals surface area contributed by atoms with Crippen LogP contribution in [0.25, 0.3) is 0 Å². The highest BCUT2D eigenvalue weighted by atomic mass is 16.4. The second kappa shape index (κ2) is 4.87. The number of carbonyl (C=O) groups excluding carboxylic acids is 2. The monoisotopic (exact) mass is 270 g/mol. The van der Waals surface area contributed by atoms with Crippen LogP contribution in [0.4, 0.5) is 0 Å². The first-order chi connectivity index (χ1) is 8.91. The van der Waals surface area contributed by atoms with Crippen LogP contribution in [0.15, 0.2) is 0 Å². The lowest BCUT2D eigenvalue weighted by atomic mass is 10.2. The van der Waals surface area contributed by atoms with E-state index < -0.39 is 24.0 Å². The minimum atomic E-state index is -1.13. The molecule has 0 saturated carbocycles. The zero-order valence-corrected chi connectivity index (χ0v) is 10.1. The summed E-state index contributed by atoms with van der Waals surface area (Å²) < 4.78 is 0. The molecule has 0 radical (unpaired) electrons. The lowest BCUT2D eigenvalue weighted by molar-refractivity contribution is -0.153. The van der Waals surface area contributed by atoms with Crippen LogP contribution in [-0.2, 0) is 19.2 Å². The van der Waals surface area contributed by atoms with Gasteiger partial charge in [-0.25, -0.2) is 9.59 Å². The SMILES string of the molecule is O=C(O)C1CCC(=O)N1CN1C(=O)CCC1C(=O)O. The molecule has 0 aromatic carbocycles. The van der Waals surface area contributed by atoms with Gasteiger partial charge < -0.3 is 20.0 Å². The Hall–Kier alpha value is -2.12. The molecule has 8 heteroatoms. The molecule has 2 atom stereocenters. The first-order valence-corrected chi connectivity index (χ1v) is 5.96. The second-order valence-corrected chi connectivity index (χ2v) is 4.65. The molecule has 2 rings (SSSR count). The van der Waals surface area contributed by atoms with Gasteiger partial charge in [-0.3, -0.25) is 9.59 Å². The molecule has 2 fully saturated rings. The van der Waals surface area contributed by atoms with E-state index in [0.717, 1.165) is 9.80 Å². The minimum Gasteiger partial charge on any atom is -0.480 e. The van der Waals surface area contributed by atoms with E-state index in [0.29, 0.717) is 0 Å². The normalized spacial score (nSPS) is 27.2. The van der Waals surface area contributed by atoms with Gasteiger partial charge in [-0.1, -0.05) is 0 Å². The number of hydrogen-bond donors (Lipinski definition) is 2. The van der Waals surface area contributed by atoms with Gasteiger partial charge in [-0.15, -0.1) is 0 Å². The summed E-state index contributed by atoms with van der Waals surface area (Å²) in [7, 11) is 0. The van der Waals surface area contributed by atoms with Crippen LogP contribution in [0.5, 0.6) is 0 Å². The highest BCUT2D eigenvalue weighted by molar-refractivity contribution is 5.90. The predicted octanol–water partition coefficient (Wildman–Crippen LogP) is -0.905. The largest absolute Gasteiger partial charge is 0.480 e. The van der Waals surface area contributed by atoms with Crippen LogP contribution < -0.4 is 0 Å². The molecule has 2 unspecified atom stereocenters. The molecule has 0 spiro atoms. The van der Waals surface area contributed by atoms with Gasteiger partial charge in [0.25, 0.3) is 0 Å². The van der Waals surface area contributed by atoms with Crippen molar-refractivity contribution < 1.29 is 29.4 Å². The molecule has 0 aromatic heterocycles. The van der Waals surface area contributed by atoms with Crippen molar-refractivity contribution in [3.8, 4) is 0 Å². The fourth-order valence-corrected chi connectivity index (χ4v) is 2.50. The molecule has 0 aliphatic carbocycles. The Morgan fingerprint density at radius 1 is 0.947 bits per heavy atom. The van der Waals surface area contributed by atoms with Crippen molar-refractivity contribution in [1.82, 2.24) is 9.80 Å². The lowest BCUT2D eigenvalue weighted by Gasteiger charge is -2.29. The first-order valence-electron chi connectivity index (χ1n) is 5.96. The summed E-state index contributed by atoms with van der Waals surface area (Å²) in [6.07, 6.45) is 0.593. The number of likely N-dealkylation sites (tertiary alicyclic amines) is 2. The van der Waals surface area contributed by atoms with Gasteiger partial charge in [0.15, 0.2) is 0 Å². The van der Waals surface area contributed by atoms with Crippen molar-refractivity contribution in [1.29, 1.82) is 0 Å². The Balaban J connectivity index is 2.14. The minimum absolute atomic E-state index is 0.108. The summed E-state index contributed by atoms with van der Waals surface area (Å²) >= 11 is 0. The molecule has 2 saturated heterocycles. The number of amides is 2. The maximum absolute atomic E-state index is 11.6. The zero-order valence-electron chi connectivity index (χ0n) is 10.1. The van der Waals surface area contributed by atoms with Crippen LogP contribution in [0.2, 0.25) is 0 Å². The molecule has 0 aromatic rings. The summed E-state index contributed by atoms with van der Waals surface area (Å²) in [5, 5.41) is 18.0. The number of carbonyl (C=O) groups is 4. The summed E-state index contributed by atoms with van der Waals surface area (Å²) in [4.78, 5) is 47.4. The molecule has 2 aliphatic heterocycles. The summed E-state index contributed by atoms with van der Waals surface area (Å²) in [5.41, 5.74) is 0. The number of carboxylic acid groups (broad SMARTS) is 2.